The van der Waals surface area contributed by atoms with Gasteiger partial charge in [-0.05, 0) is 56.5 Å². The molecule has 21 heavy (non-hydrogen) atoms. The lowest BCUT2D eigenvalue weighted by Crippen LogP contribution is -2.22. The number of Topliss-reactive ketones (excluding diaryl/α,β-unsaturated/α-hetero) is 1. The van der Waals surface area contributed by atoms with Crippen molar-refractivity contribution in [2.24, 2.45) is 0 Å². The lowest BCUT2D eigenvalue weighted by Gasteiger charge is -2.28. The minimum Gasteiger partial charge on any atom is -0.484 e. The molecule has 0 saturated carbocycles. The summed E-state index contributed by atoms with van der Waals surface area (Å²) in [4.78, 5) is 12.4. The van der Waals surface area contributed by atoms with E-state index in [9.17, 15) is 4.79 Å². The maximum Gasteiger partial charge on any atom is 0.170 e. The molecule has 0 amide bonds. The molecule has 108 valence electrons. The van der Waals surface area contributed by atoms with Crippen LogP contribution in [-0.2, 0) is 0 Å². The second-order valence-corrected chi connectivity index (χ2v) is 6.05. The Labute approximate surface area is 125 Å². The van der Waals surface area contributed by atoms with E-state index >= 15 is 0 Å². The minimum absolute atomic E-state index is 0.171. The molecule has 1 aliphatic rings. The largest absolute Gasteiger partial charge is 0.484 e. The second-order valence-electron chi connectivity index (χ2n) is 6.05. The summed E-state index contributed by atoms with van der Waals surface area (Å²) in [6, 6.07) is 10.1. The van der Waals surface area contributed by atoms with Crippen LogP contribution in [0, 0.1) is 27.7 Å². The van der Waals surface area contributed by atoms with Crippen molar-refractivity contribution in [2.45, 2.75) is 40.2 Å². The number of rotatable bonds is 1. The van der Waals surface area contributed by atoms with Crippen LogP contribution < -0.4 is 4.74 Å². The number of ketones is 1. The molecule has 2 aromatic carbocycles. The first-order valence-electron chi connectivity index (χ1n) is 7.34. The monoisotopic (exact) mass is 280 g/mol. The van der Waals surface area contributed by atoms with Crippen LogP contribution in [-0.4, -0.2) is 5.78 Å². The van der Waals surface area contributed by atoms with Crippen LogP contribution in [0.5, 0.6) is 5.75 Å². The first-order valence-corrected chi connectivity index (χ1v) is 7.34. The van der Waals surface area contributed by atoms with Crippen LogP contribution in [0.25, 0.3) is 0 Å². The summed E-state index contributed by atoms with van der Waals surface area (Å²) in [5.41, 5.74) is 6.59. The van der Waals surface area contributed by atoms with E-state index in [1.165, 1.54) is 16.7 Å². The fourth-order valence-corrected chi connectivity index (χ4v) is 3.30. The fraction of sp³-hybridized carbons (Fsp3) is 0.316. The maximum atomic E-state index is 12.4. The average molecular weight is 280 g/mol. The summed E-state index contributed by atoms with van der Waals surface area (Å²) in [5.74, 6) is 0.880. The molecule has 2 heteroatoms. The maximum absolute atomic E-state index is 12.4. The molecule has 0 saturated heterocycles. The Hall–Kier alpha value is -2.09. The zero-order valence-corrected chi connectivity index (χ0v) is 13.0. The highest BCUT2D eigenvalue weighted by molar-refractivity contribution is 6.00. The second kappa shape index (κ2) is 5.03. The van der Waals surface area contributed by atoms with Gasteiger partial charge in [0.1, 0.15) is 11.9 Å². The lowest BCUT2D eigenvalue weighted by atomic mass is 9.89. The first-order chi connectivity index (χ1) is 9.95. The number of fused-ring (bicyclic) bond motifs is 1. The summed E-state index contributed by atoms with van der Waals surface area (Å²) in [5, 5.41) is 0. The minimum atomic E-state index is -0.173. The Morgan fingerprint density at radius 2 is 1.62 bits per heavy atom. The zero-order chi connectivity index (χ0) is 15.1. The third-order valence-corrected chi connectivity index (χ3v) is 4.14. The molecular formula is C19H20O2. The lowest BCUT2D eigenvalue weighted by molar-refractivity contribution is 0.0848. The standard InChI is InChI=1S/C19H20O2/c1-11-5-6-17-15(9-11)16(20)10-18(21-17)19-13(3)7-12(2)8-14(19)4/h5-9,18H,10H2,1-4H3. The van der Waals surface area contributed by atoms with Gasteiger partial charge in [-0.15, -0.1) is 0 Å². The summed E-state index contributed by atoms with van der Waals surface area (Å²) < 4.78 is 6.12. The molecule has 2 aromatic rings. The summed E-state index contributed by atoms with van der Waals surface area (Å²) in [6.07, 6.45) is 0.245. The Morgan fingerprint density at radius 1 is 0.952 bits per heavy atom. The van der Waals surface area contributed by atoms with Gasteiger partial charge < -0.3 is 4.74 Å². The highest BCUT2D eigenvalue weighted by Crippen LogP contribution is 2.37. The molecule has 3 rings (SSSR count). The van der Waals surface area contributed by atoms with Crippen LogP contribution in [0.15, 0.2) is 30.3 Å². The van der Waals surface area contributed by atoms with E-state index in [4.69, 9.17) is 4.74 Å². The molecule has 0 aliphatic carbocycles. The normalized spacial score (nSPS) is 17.3. The van der Waals surface area contributed by atoms with Gasteiger partial charge in [0.25, 0.3) is 0 Å². The third-order valence-electron chi connectivity index (χ3n) is 4.14. The number of ether oxygens (including phenoxy) is 1. The molecule has 0 fully saturated rings. The van der Waals surface area contributed by atoms with Gasteiger partial charge in [0, 0.05) is 0 Å². The van der Waals surface area contributed by atoms with Gasteiger partial charge in [-0.25, -0.2) is 0 Å². The van der Waals surface area contributed by atoms with Gasteiger partial charge in [-0.3, -0.25) is 4.79 Å². The Balaban J connectivity index is 2.04. The highest BCUT2D eigenvalue weighted by Gasteiger charge is 2.29. The van der Waals surface area contributed by atoms with E-state index in [0.717, 1.165) is 11.1 Å². The number of carbonyl (C=O) groups excluding carboxylic acids is 1. The van der Waals surface area contributed by atoms with E-state index in [0.29, 0.717) is 17.7 Å². The van der Waals surface area contributed by atoms with E-state index in [-0.39, 0.29) is 11.9 Å². The van der Waals surface area contributed by atoms with E-state index in [1.807, 2.05) is 25.1 Å². The number of benzene rings is 2. The first kappa shape index (κ1) is 13.9. The molecule has 0 spiro atoms. The summed E-state index contributed by atoms with van der Waals surface area (Å²) in [6.45, 7) is 8.27. The average Bonchev–Trinajstić information content (AvgIpc) is 2.38. The van der Waals surface area contributed by atoms with Crippen molar-refractivity contribution in [3.05, 3.63) is 63.7 Å². The van der Waals surface area contributed by atoms with Crippen molar-refractivity contribution >= 4 is 5.78 Å². The summed E-state index contributed by atoms with van der Waals surface area (Å²) in [7, 11) is 0. The molecule has 1 unspecified atom stereocenters. The Bertz CT molecular complexity index is 705. The van der Waals surface area contributed by atoms with Crippen LogP contribution >= 0.6 is 0 Å². The summed E-state index contributed by atoms with van der Waals surface area (Å²) >= 11 is 0. The molecular weight excluding hydrogens is 260 g/mol. The molecule has 0 aromatic heterocycles. The Kier molecular flexibility index (Phi) is 3.32. The van der Waals surface area contributed by atoms with Gasteiger partial charge in [0.15, 0.2) is 5.78 Å². The molecule has 2 nitrogen and oxygen atoms in total. The van der Waals surface area contributed by atoms with Crippen LogP contribution in [0.1, 0.15) is 50.7 Å². The van der Waals surface area contributed by atoms with Crippen molar-refractivity contribution in [3.63, 3.8) is 0 Å². The fourth-order valence-electron chi connectivity index (χ4n) is 3.30. The van der Waals surface area contributed by atoms with Gasteiger partial charge in [-0.2, -0.15) is 0 Å². The van der Waals surface area contributed by atoms with Crippen LogP contribution in [0.4, 0.5) is 0 Å². The van der Waals surface area contributed by atoms with E-state index in [2.05, 4.69) is 32.9 Å². The van der Waals surface area contributed by atoms with Crippen molar-refractivity contribution in [3.8, 4) is 5.75 Å². The topological polar surface area (TPSA) is 26.3 Å². The number of hydrogen-bond donors (Lipinski definition) is 0. The Morgan fingerprint density at radius 3 is 2.29 bits per heavy atom. The highest BCUT2D eigenvalue weighted by atomic mass is 16.5. The molecule has 0 N–H and O–H groups in total. The molecule has 1 aliphatic heterocycles. The van der Waals surface area contributed by atoms with Gasteiger partial charge in [0.2, 0.25) is 0 Å². The van der Waals surface area contributed by atoms with Crippen LogP contribution in [0.2, 0.25) is 0 Å². The SMILES string of the molecule is Cc1cc(C)c(C2CC(=O)c3cc(C)ccc3O2)c(C)c1. The van der Waals surface area contributed by atoms with Gasteiger partial charge in [-0.1, -0.05) is 29.3 Å². The number of carbonyl (C=O) groups is 1. The molecule has 0 bridgehead atoms. The van der Waals surface area contributed by atoms with Gasteiger partial charge in [0.05, 0.1) is 12.0 Å². The molecule has 0 radical (unpaired) electrons. The van der Waals surface area contributed by atoms with Crippen molar-refractivity contribution in [1.29, 1.82) is 0 Å². The zero-order valence-electron chi connectivity index (χ0n) is 13.0. The number of aryl methyl sites for hydroxylation is 4. The number of hydrogen-bond acceptors (Lipinski definition) is 2. The van der Waals surface area contributed by atoms with E-state index < -0.39 is 0 Å². The van der Waals surface area contributed by atoms with Gasteiger partial charge >= 0.3 is 0 Å². The van der Waals surface area contributed by atoms with E-state index in [1.54, 1.807) is 0 Å². The molecule has 1 atom stereocenters. The van der Waals surface area contributed by atoms with Crippen molar-refractivity contribution in [2.75, 3.05) is 0 Å². The molecule has 1 heterocycles. The quantitative estimate of drug-likeness (QED) is 0.761. The van der Waals surface area contributed by atoms with Crippen molar-refractivity contribution < 1.29 is 9.53 Å². The third kappa shape index (κ3) is 2.46. The predicted molar refractivity (Wildman–Crippen MR) is 84.1 cm³/mol. The predicted octanol–water partition coefficient (Wildman–Crippen LogP) is 4.63. The van der Waals surface area contributed by atoms with Crippen LogP contribution in [0.3, 0.4) is 0 Å². The smallest absolute Gasteiger partial charge is 0.170 e. The van der Waals surface area contributed by atoms with Crippen molar-refractivity contribution in [1.82, 2.24) is 0 Å².